The van der Waals surface area contributed by atoms with Gasteiger partial charge in [-0.15, -0.1) is 0 Å². The standard InChI is InChI=1S/C18H20N8O4/c19-6-5-12(17(29)30)24-15(27)9-1-3-10(4-2-9)21-7-11-8-22-14-13(23-11)16(28)26-18(20)25-14/h1-4,8,12,21H,5-7,19H2,(H,24,27)(H,29,30)(H3,20,22,25,26,28). The van der Waals surface area contributed by atoms with Gasteiger partial charge >= 0.3 is 5.97 Å². The molecule has 0 saturated heterocycles. The number of carboxylic acids is 1. The Morgan fingerprint density at radius 1 is 1.20 bits per heavy atom. The molecule has 1 amide bonds. The summed E-state index contributed by atoms with van der Waals surface area (Å²) in [6, 6.07) is 5.40. The number of nitrogens with two attached hydrogens (primary N) is 2. The molecule has 0 bridgehead atoms. The molecule has 156 valence electrons. The van der Waals surface area contributed by atoms with Crippen LogP contribution in [0.5, 0.6) is 0 Å². The van der Waals surface area contributed by atoms with E-state index in [1.807, 2.05) is 0 Å². The van der Waals surface area contributed by atoms with Crippen LogP contribution in [0.4, 0.5) is 11.6 Å². The average Bonchev–Trinajstić information content (AvgIpc) is 2.72. The molecule has 12 heteroatoms. The summed E-state index contributed by atoms with van der Waals surface area (Å²) in [6.45, 7) is 0.420. The van der Waals surface area contributed by atoms with Crippen LogP contribution < -0.4 is 27.7 Å². The number of H-pyrrole nitrogens is 1. The van der Waals surface area contributed by atoms with Gasteiger partial charge < -0.3 is 27.2 Å². The van der Waals surface area contributed by atoms with Gasteiger partial charge in [-0.1, -0.05) is 0 Å². The molecule has 0 spiro atoms. The third kappa shape index (κ3) is 4.86. The van der Waals surface area contributed by atoms with E-state index in [2.05, 4.69) is 30.6 Å². The van der Waals surface area contributed by atoms with Gasteiger partial charge in [0.05, 0.1) is 18.4 Å². The lowest BCUT2D eigenvalue weighted by Gasteiger charge is -2.13. The van der Waals surface area contributed by atoms with E-state index in [1.54, 1.807) is 24.3 Å². The number of hydrogen-bond donors (Lipinski definition) is 6. The monoisotopic (exact) mass is 412 g/mol. The first-order chi connectivity index (χ1) is 14.4. The van der Waals surface area contributed by atoms with Gasteiger partial charge in [-0.3, -0.25) is 14.6 Å². The van der Waals surface area contributed by atoms with Crippen LogP contribution in [-0.2, 0) is 11.3 Å². The molecule has 3 aromatic rings. The van der Waals surface area contributed by atoms with Gasteiger partial charge in [0.2, 0.25) is 5.95 Å². The van der Waals surface area contributed by atoms with E-state index in [-0.39, 0.29) is 36.6 Å². The fraction of sp³-hybridized carbons (Fsp3) is 0.222. The Morgan fingerprint density at radius 2 is 1.93 bits per heavy atom. The Balaban J connectivity index is 1.64. The fourth-order valence-corrected chi connectivity index (χ4v) is 2.65. The summed E-state index contributed by atoms with van der Waals surface area (Å²) in [6.07, 6.45) is 1.62. The Morgan fingerprint density at radius 3 is 2.60 bits per heavy atom. The summed E-state index contributed by atoms with van der Waals surface area (Å²) >= 11 is 0. The second kappa shape index (κ2) is 8.96. The van der Waals surface area contributed by atoms with Crippen LogP contribution in [0, 0.1) is 0 Å². The zero-order valence-corrected chi connectivity index (χ0v) is 15.8. The molecule has 1 aromatic carbocycles. The Labute approximate surface area is 169 Å². The van der Waals surface area contributed by atoms with Crippen molar-refractivity contribution in [1.82, 2.24) is 25.3 Å². The number of rotatable bonds is 8. The number of carboxylic acid groups (broad SMARTS) is 1. The van der Waals surface area contributed by atoms with Crippen LogP contribution in [0.2, 0.25) is 0 Å². The first-order valence-electron chi connectivity index (χ1n) is 8.96. The SMILES string of the molecule is NCCC(NC(=O)c1ccc(NCc2cnc3nc(N)[nH]c(=O)c3n2)cc1)C(=O)O. The minimum absolute atomic E-state index is 0.0329. The number of anilines is 2. The van der Waals surface area contributed by atoms with Crippen molar-refractivity contribution in [3.63, 3.8) is 0 Å². The first-order valence-corrected chi connectivity index (χ1v) is 8.96. The number of aliphatic carboxylic acids is 1. The predicted molar refractivity (Wildman–Crippen MR) is 109 cm³/mol. The molecule has 0 aliphatic carbocycles. The maximum Gasteiger partial charge on any atom is 0.326 e. The van der Waals surface area contributed by atoms with Gasteiger partial charge in [-0.2, -0.15) is 4.98 Å². The predicted octanol–water partition coefficient (Wildman–Crippen LogP) is -0.561. The fourth-order valence-electron chi connectivity index (χ4n) is 2.65. The summed E-state index contributed by atoms with van der Waals surface area (Å²) in [4.78, 5) is 49.8. The van der Waals surface area contributed by atoms with Crippen LogP contribution in [0.15, 0.2) is 35.3 Å². The van der Waals surface area contributed by atoms with E-state index in [1.165, 1.54) is 6.20 Å². The lowest BCUT2D eigenvalue weighted by atomic mass is 10.1. The molecule has 0 radical (unpaired) electrons. The number of nitrogens with zero attached hydrogens (tertiary/aromatic N) is 3. The van der Waals surface area contributed by atoms with Gasteiger partial charge in [0, 0.05) is 11.3 Å². The number of benzene rings is 1. The number of amides is 1. The quantitative estimate of drug-likeness (QED) is 0.278. The highest BCUT2D eigenvalue weighted by Crippen LogP contribution is 2.12. The zero-order valence-electron chi connectivity index (χ0n) is 15.8. The lowest BCUT2D eigenvalue weighted by Crippen LogP contribution is -2.42. The van der Waals surface area contributed by atoms with E-state index in [0.717, 1.165) is 0 Å². The molecule has 1 unspecified atom stereocenters. The minimum Gasteiger partial charge on any atom is -0.480 e. The molecule has 0 aliphatic heterocycles. The van der Waals surface area contributed by atoms with Gasteiger partial charge in [-0.25, -0.2) is 14.8 Å². The van der Waals surface area contributed by atoms with E-state index in [9.17, 15) is 14.4 Å². The van der Waals surface area contributed by atoms with E-state index >= 15 is 0 Å². The van der Waals surface area contributed by atoms with Gasteiger partial charge in [-0.05, 0) is 37.2 Å². The number of aromatic nitrogens is 4. The maximum atomic E-state index is 12.2. The van der Waals surface area contributed by atoms with Crippen molar-refractivity contribution in [3.05, 3.63) is 52.1 Å². The smallest absolute Gasteiger partial charge is 0.326 e. The van der Waals surface area contributed by atoms with Gasteiger partial charge in [0.15, 0.2) is 11.2 Å². The largest absolute Gasteiger partial charge is 0.480 e. The topological polar surface area (TPSA) is 202 Å². The molecule has 2 aromatic heterocycles. The van der Waals surface area contributed by atoms with Crippen molar-refractivity contribution in [2.45, 2.75) is 19.0 Å². The highest BCUT2D eigenvalue weighted by Gasteiger charge is 2.19. The van der Waals surface area contributed by atoms with Crippen LogP contribution >= 0.6 is 0 Å². The van der Waals surface area contributed by atoms with E-state index in [0.29, 0.717) is 16.9 Å². The maximum absolute atomic E-state index is 12.2. The summed E-state index contributed by atoms with van der Waals surface area (Å²) in [7, 11) is 0. The van der Waals surface area contributed by atoms with E-state index < -0.39 is 23.5 Å². The number of nitrogen functional groups attached to an aromatic ring is 1. The molecule has 8 N–H and O–H groups in total. The number of carbonyl (C=O) groups is 2. The molecule has 3 rings (SSSR count). The van der Waals surface area contributed by atoms with Crippen LogP contribution in [0.25, 0.3) is 11.2 Å². The molecular weight excluding hydrogens is 392 g/mol. The van der Waals surface area contributed by atoms with Crippen molar-refractivity contribution in [3.8, 4) is 0 Å². The molecule has 0 fully saturated rings. The van der Waals surface area contributed by atoms with Crippen molar-refractivity contribution >= 4 is 34.7 Å². The summed E-state index contributed by atoms with van der Waals surface area (Å²) in [5.74, 6) is -1.68. The average molecular weight is 412 g/mol. The molecule has 0 aliphatic rings. The minimum atomic E-state index is -1.14. The molecular formula is C18H20N8O4. The summed E-state index contributed by atoms with van der Waals surface area (Å²) in [5, 5.41) is 14.6. The number of fused-ring (bicyclic) bond motifs is 1. The molecule has 0 saturated carbocycles. The van der Waals surface area contributed by atoms with Gasteiger partial charge in [0.25, 0.3) is 11.5 Å². The number of carbonyl (C=O) groups excluding carboxylic acids is 1. The summed E-state index contributed by atoms with van der Waals surface area (Å²) < 4.78 is 0. The van der Waals surface area contributed by atoms with Crippen LogP contribution in [0.1, 0.15) is 22.5 Å². The molecule has 1 atom stereocenters. The zero-order chi connectivity index (χ0) is 21.7. The van der Waals surface area contributed by atoms with Crippen molar-refractivity contribution < 1.29 is 14.7 Å². The lowest BCUT2D eigenvalue weighted by molar-refractivity contribution is -0.139. The molecule has 2 heterocycles. The van der Waals surface area contributed by atoms with Crippen molar-refractivity contribution in [2.24, 2.45) is 5.73 Å². The number of nitrogens with one attached hydrogen (secondary N) is 3. The third-order valence-electron chi connectivity index (χ3n) is 4.17. The Kier molecular flexibility index (Phi) is 6.17. The van der Waals surface area contributed by atoms with Crippen LogP contribution in [-0.4, -0.2) is 49.5 Å². The third-order valence-corrected chi connectivity index (χ3v) is 4.17. The Hall–Kier alpha value is -4.06. The first kappa shape index (κ1) is 20.7. The second-order valence-corrected chi connectivity index (χ2v) is 6.36. The molecule has 30 heavy (non-hydrogen) atoms. The second-order valence-electron chi connectivity index (χ2n) is 6.36. The van der Waals surface area contributed by atoms with Crippen molar-refractivity contribution in [2.75, 3.05) is 17.6 Å². The van der Waals surface area contributed by atoms with Crippen molar-refractivity contribution in [1.29, 1.82) is 0 Å². The summed E-state index contributed by atoms with van der Waals surface area (Å²) in [5.41, 5.74) is 12.1. The Bertz CT molecular complexity index is 1130. The highest BCUT2D eigenvalue weighted by atomic mass is 16.4. The van der Waals surface area contributed by atoms with Crippen LogP contribution in [0.3, 0.4) is 0 Å². The number of hydrogen-bond acceptors (Lipinski definition) is 9. The molecule has 12 nitrogen and oxygen atoms in total. The normalized spacial score (nSPS) is 11.8. The van der Waals surface area contributed by atoms with Gasteiger partial charge in [0.1, 0.15) is 6.04 Å². The van der Waals surface area contributed by atoms with E-state index in [4.69, 9.17) is 16.6 Å². The number of aromatic amines is 1. The highest BCUT2D eigenvalue weighted by molar-refractivity contribution is 5.96.